The highest BCUT2D eigenvalue weighted by Crippen LogP contribution is 2.22. The van der Waals surface area contributed by atoms with Gasteiger partial charge in [-0.2, -0.15) is 0 Å². The number of pyridine rings is 1. The van der Waals surface area contributed by atoms with E-state index < -0.39 is 0 Å². The molecule has 0 atom stereocenters. The van der Waals surface area contributed by atoms with E-state index in [1.807, 2.05) is 26.1 Å². The van der Waals surface area contributed by atoms with Crippen LogP contribution < -0.4 is 5.32 Å². The molecule has 0 spiro atoms. The van der Waals surface area contributed by atoms with E-state index in [1.54, 1.807) is 0 Å². The van der Waals surface area contributed by atoms with E-state index in [0.717, 1.165) is 45.5 Å². The molecule has 2 aromatic heterocycles. The number of hydrogen-bond acceptors (Lipinski definition) is 4. The maximum atomic E-state index is 5.18. The Morgan fingerprint density at radius 1 is 1.24 bits per heavy atom. The molecule has 3 aromatic rings. The van der Waals surface area contributed by atoms with Crippen molar-refractivity contribution in [3.8, 4) is 0 Å². The van der Waals surface area contributed by atoms with Gasteiger partial charge >= 0.3 is 0 Å². The summed E-state index contributed by atoms with van der Waals surface area (Å²) in [6.07, 6.45) is 1.83. The molecule has 0 amide bonds. The summed E-state index contributed by atoms with van der Waals surface area (Å²) < 4.78 is 6.24. The minimum atomic E-state index is 0.738. The number of halogens is 1. The van der Waals surface area contributed by atoms with Gasteiger partial charge in [0.1, 0.15) is 5.76 Å². The first kappa shape index (κ1) is 14.2. The molecular weight excluding hydrogens is 330 g/mol. The van der Waals surface area contributed by atoms with Crippen molar-refractivity contribution >= 4 is 26.8 Å². The van der Waals surface area contributed by atoms with E-state index in [-0.39, 0.29) is 0 Å². The summed E-state index contributed by atoms with van der Waals surface area (Å²) in [5.41, 5.74) is 4.28. The van der Waals surface area contributed by atoms with E-state index in [9.17, 15) is 0 Å². The van der Waals surface area contributed by atoms with Crippen molar-refractivity contribution in [3.63, 3.8) is 0 Å². The molecule has 0 bridgehead atoms. The number of fused-ring (bicyclic) bond motifs is 1. The van der Waals surface area contributed by atoms with Gasteiger partial charge in [0.2, 0.25) is 0 Å². The number of rotatable bonds is 4. The predicted octanol–water partition coefficient (Wildman–Crippen LogP) is 3.89. The molecule has 3 rings (SSSR count). The molecule has 0 saturated carbocycles. The summed E-state index contributed by atoms with van der Waals surface area (Å²) in [5, 5.41) is 8.56. The van der Waals surface area contributed by atoms with E-state index in [0.29, 0.717) is 0 Å². The number of aromatic nitrogens is 2. The van der Waals surface area contributed by atoms with E-state index in [2.05, 4.69) is 49.6 Å². The van der Waals surface area contributed by atoms with Crippen molar-refractivity contribution in [2.24, 2.45) is 0 Å². The van der Waals surface area contributed by atoms with Gasteiger partial charge in [0.15, 0.2) is 0 Å². The zero-order chi connectivity index (χ0) is 14.8. The molecule has 0 aliphatic carbocycles. The molecule has 5 heteroatoms. The highest BCUT2D eigenvalue weighted by atomic mass is 79.9. The topological polar surface area (TPSA) is 51.0 Å². The second kappa shape index (κ2) is 5.95. The normalized spacial score (nSPS) is 11.2. The van der Waals surface area contributed by atoms with Gasteiger partial charge in [-0.3, -0.25) is 4.98 Å². The van der Waals surface area contributed by atoms with Crippen LogP contribution in [0.4, 0.5) is 0 Å². The van der Waals surface area contributed by atoms with Crippen LogP contribution in [-0.2, 0) is 13.1 Å². The fourth-order valence-electron chi connectivity index (χ4n) is 2.44. The van der Waals surface area contributed by atoms with Crippen molar-refractivity contribution < 1.29 is 4.52 Å². The molecule has 4 nitrogen and oxygen atoms in total. The largest absolute Gasteiger partial charge is 0.361 e. The van der Waals surface area contributed by atoms with E-state index >= 15 is 0 Å². The van der Waals surface area contributed by atoms with Crippen LogP contribution in [0.3, 0.4) is 0 Å². The molecule has 0 unspecified atom stereocenters. The molecule has 108 valence electrons. The fraction of sp³-hybridized carbons (Fsp3) is 0.250. The average molecular weight is 346 g/mol. The van der Waals surface area contributed by atoms with Crippen molar-refractivity contribution in [2.45, 2.75) is 26.9 Å². The molecule has 0 fully saturated rings. The maximum Gasteiger partial charge on any atom is 0.138 e. The molecule has 0 saturated heterocycles. The molecule has 21 heavy (non-hydrogen) atoms. The van der Waals surface area contributed by atoms with Crippen LogP contribution in [0.5, 0.6) is 0 Å². The van der Waals surface area contributed by atoms with Crippen LogP contribution >= 0.6 is 15.9 Å². The van der Waals surface area contributed by atoms with E-state index in [1.165, 1.54) is 5.56 Å². The number of benzene rings is 1. The van der Waals surface area contributed by atoms with Crippen LogP contribution in [0.2, 0.25) is 0 Å². The van der Waals surface area contributed by atoms with Crippen LogP contribution in [0.15, 0.2) is 39.5 Å². The molecule has 0 radical (unpaired) electrons. The fourth-order valence-corrected chi connectivity index (χ4v) is 2.96. The van der Waals surface area contributed by atoms with Crippen LogP contribution in [0.25, 0.3) is 10.9 Å². The average Bonchev–Trinajstić information content (AvgIpc) is 2.78. The quantitative estimate of drug-likeness (QED) is 0.779. The minimum absolute atomic E-state index is 0.738. The molecule has 0 aliphatic rings. The van der Waals surface area contributed by atoms with Gasteiger partial charge in [0, 0.05) is 34.7 Å². The van der Waals surface area contributed by atoms with Gasteiger partial charge < -0.3 is 9.84 Å². The van der Waals surface area contributed by atoms with E-state index in [4.69, 9.17) is 4.52 Å². The zero-order valence-corrected chi connectivity index (χ0v) is 13.6. The Bertz CT molecular complexity index is 763. The Morgan fingerprint density at radius 2 is 2.10 bits per heavy atom. The van der Waals surface area contributed by atoms with Crippen LogP contribution in [0, 0.1) is 13.8 Å². The lowest BCUT2D eigenvalue weighted by atomic mass is 10.1. The number of aryl methyl sites for hydroxylation is 2. The monoisotopic (exact) mass is 345 g/mol. The third-order valence-corrected chi connectivity index (χ3v) is 4.00. The van der Waals surface area contributed by atoms with Crippen molar-refractivity contribution in [1.82, 2.24) is 15.5 Å². The zero-order valence-electron chi connectivity index (χ0n) is 12.0. The highest BCUT2D eigenvalue weighted by Gasteiger charge is 2.09. The van der Waals surface area contributed by atoms with Gasteiger partial charge in [-0.25, -0.2) is 0 Å². The summed E-state index contributed by atoms with van der Waals surface area (Å²) in [6, 6.07) is 8.22. The Balaban J connectivity index is 1.79. The highest BCUT2D eigenvalue weighted by molar-refractivity contribution is 9.10. The van der Waals surface area contributed by atoms with Gasteiger partial charge in [0.25, 0.3) is 0 Å². The Morgan fingerprint density at radius 3 is 2.86 bits per heavy atom. The minimum Gasteiger partial charge on any atom is -0.361 e. The maximum absolute atomic E-state index is 5.18. The lowest BCUT2D eigenvalue weighted by Gasteiger charge is -2.08. The number of nitrogens with zero attached hydrogens (tertiary/aromatic N) is 2. The second-order valence-corrected chi connectivity index (χ2v) is 5.96. The van der Waals surface area contributed by atoms with Gasteiger partial charge in [0.05, 0.1) is 11.2 Å². The first-order valence-corrected chi connectivity index (χ1v) is 7.60. The Kier molecular flexibility index (Phi) is 4.03. The SMILES string of the molecule is Cc1noc(C)c1CNCc1cc(Br)cc2cccnc12. The summed E-state index contributed by atoms with van der Waals surface area (Å²) >= 11 is 3.56. The summed E-state index contributed by atoms with van der Waals surface area (Å²) in [7, 11) is 0. The third-order valence-electron chi connectivity index (χ3n) is 3.55. The van der Waals surface area contributed by atoms with Gasteiger partial charge in [-0.1, -0.05) is 27.2 Å². The molecule has 2 heterocycles. The Labute approximate surface area is 131 Å². The lowest BCUT2D eigenvalue weighted by Crippen LogP contribution is -2.14. The van der Waals surface area contributed by atoms with Gasteiger partial charge in [-0.15, -0.1) is 0 Å². The van der Waals surface area contributed by atoms with Crippen LogP contribution in [0.1, 0.15) is 22.6 Å². The Hall–Kier alpha value is -1.72. The summed E-state index contributed by atoms with van der Waals surface area (Å²) in [4.78, 5) is 4.48. The van der Waals surface area contributed by atoms with Crippen molar-refractivity contribution in [2.75, 3.05) is 0 Å². The molecule has 1 N–H and O–H groups in total. The number of hydrogen-bond donors (Lipinski definition) is 1. The molecular formula is C16H16BrN3O. The van der Waals surface area contributed by atoms with Crippen molar-refractivity contribution in [1.29, 1.82) is 0 Å². The molecule has 1 aromatic carbocycles. The summed E-state index contributed by atoms with van der Waals surface area (Å²) in [5.74, 6) is 0.872. The predicted molar refractivity (Wildman–Crippen MR) is 86.0 cm³/mol. The van der Waals surface area contributed by atoms with Crippen LogP contribution in [-0.4, -0.2) is 10.1 Å². The summed E-state index contributed by atoms with van der Waals surface area (Å²) in [6.45, 7) is 5.38. The standard InChI is InChI=1S/C16H16BrN3O/c1-10-15(11(2)21-20-10)9-18-8-13-7-14(17)6-12-4-3-5-19-16(12)13/h3-7,18H,8-9H2,1-2H3. The third kappa shape index (κ3) is 2.99. The molecule has 0 aliphatic heterocycles. The number of nitrogens with one attached hydrogen (secondary N) is 1. The lowest BCUT2D eigenvalue weighted by molar-refractivity contribution is 0.392. The first-order chi connectivity index (χ1) is 10.1. The van der Waals surface area contributed by atoms with Crippen molar-refractivity contribution in [3.05, 3.63) is 57.5 Å². The first-order valence-electron chi connectivity index (χ1n) is 6.81. The second-order valence-electron chi connectivity index (χ2n) is 5.05. The smallest absolute Gasteiger partial charge is 0.138 e. The van der Waals surface area contributed by atoms with Gasteiger partial charge in [-0.05, 0) is 37.6 Å².